The first-order valence-corrected chi connectivity index (χ1v) is 13.3. The monoisotopic (exact) mass is 505 g/mol. The summed E-state index contributed by atoms with van der Waals surface area (Å²) < 4.78 is 10.4. The summed E-state index contributed by atoms with van der Waals surface area (Å²) in [5.74, 6) is 0.849. The molecule has 5 heteroatoms. The van der Waals surface area contributed by atoms with E-state index in [4.69, 9.17) is 17.0 Å². The molecule has 37 heavy (non-hydrogen) atoms. The molecule has 4 nitrogen and oxygen atoms in total. The van der Waals surface area contributed by atoms with E-state index < -0.39 is 0 Å². The minimum absolute atomic E-state index is 0.727. The Morgan fingerprint density at radius 3 is 2.51 bits per heavy atom. The fraction of sp³-hybridized carbons (Fsp3) is 0.219. The Bertz CT molecular complexity index is 1630. The molecule has 1 aliphatic rings. The minimum Gasteiger partial charge on any atom is -0.497 e. The van der Waals surface area contributed by atoms with Gasteiger partial charge in [-0.1, -0.05) is 66.8 Å². The van der Waals surface area contributed by atoms with Crippen LogP contribution < -0.4 is 10.1 Å². The van der Waals surface area contributed by atoms with Crippen LogP contribution in [0.1, 0.15) is 35.2 Å². The molecule has 3 heterocycles. The number of ether oxygens (including phenoxy) is 1. The number of nitrogens with zero attached hydrogens (tertiary/aromatic N) is 2. The lowest BCUT2D eigenvalue weighted by atomic mass is 9.97. The maximum Gasteiger partial charge on any atom is 0.128 e. The van der Waals surface area contributed by atoms with Gasteiger partial charge in [0, 0.05) is 29.6 Å². The van der Waals surface area contributed by atoms with Crippen LogP contribution in [0.3, 0.4) is 0 Å². The van der Waals surface area contributed by atoms with E-state index >= 15 is 0 Å². The molecule has 3 aromatic carbocycles. The van der Waals surface area contributed by atoms with Crippen LogP contribution in [0.5, 0.6) is 5.75 Å². The molecule has 2 aromatic heterocycles. The summed E-state index contributed by atoms with van der Waals surface area (Å²) in [5.41, 5.74) is 11.9. The number of methoxy groups -OCH3 is 1. The van der Waals surface area contributed by atoms with Crippen molar-refractivity contribution < 1.29 is 4.74 Å². The van der Waals surface area contributed by atoms with E-state index in [9.17, 15) is 0 Å². The summed E-state index contributed by atoms with van der Waals surface area (Å²) in [6, 6.07) is 25.4. The summed E-state index contributed by atoms with van der Waals surface area (Å²) >= 11 is 6.19. The van der Waals surface area contributed by atoms with Crippen molar-refractivity contribution in [3.05, 3.63) is 101 Å². The van der Waals surface area contributed by atoms with Crippen molar-refractivity contribution in [1.82, 2.24) is 8.97 Å². The average Bonchev–Trinajstić information content (AvgIpc) is 3.35. The van der Waals surface area contributed by atoms with Crippen LogP contribution in [0.4, 0.5) is 5.69 Å². The summed E-state index contributed by atoms with van der Waals surface area (Å²) in [5, 5.41) is 3.61. The van der Waals surface area contributed by atoms with E-state index in [2.05, 4.69) is 101 Å². The molecule has 0 radical (unpaired) electrons. The molecule has 0 unspecified atom stereocenters. The number of hydrogen-bond acceptors (Lipinski definition) is 2. The zero-order valence-corrected chi connectivity index (χ0v) is 22.4. The van der Waals surface area contributed by atoms with Crippen LogP contribution >= 0.6 is 12.2 Å². The highest BCUT2D eigenvalue weighted by Crippen LogP contribution is 2.40. The van der Waals surface area contributed by atoms with Crippen molar-refractivity contribution in [3.63, 3.8) is 0 Å². The van der Waals surface area contributed by atoms with Gasteiger partial charge in [-0.2, -0.15) is 0 Å². The molecule has 0 spiro atoms. The second kappa shape index (κ2) is 9.56. The Labute approximate surface area is 223 Å². The normalized spacial score (nSPS) is 12.9. The molecular weight excluding hydrogens is 474 g/mol. The van der Waals surface area contributed by atoms with Gasteiger partial charge < -0.3 is 14.6 Å². The lowest BCUT2D eigenvalue weighted by molar-refractivity contribution is 0.415. The molecule has 0 amide bonds. The van der Waals surface area contributed by atoms with Gasteiger partial charge in [0.25, 0.3) is 0 Å². The van der Waals surface area contributed by atoms with Crippen molar-refractivity contribution >= 4 is 28.5 Å². The summed E-state index contributed by atoms with van der Waals surface area (Å²) in [4.78, 5) is 0.727. The Hall–Kier alpha value is -3.83. The molecular formula is C32H31N3OS. The van der Waals surface area contributed by atoms with Crippen molar-refractivity contribution in [1.29, 1.82) is 0 Å². The fourth-order valence-electron chi connectivity index (χ4n) is 5.61. The number of aromatic nitrogens is 2. The Balaban J connectivity index is 1.62. The standard InChI is InChI=1S/C32H31N3OS/c1-21-11-9-17-27(22(21)2)33-31(37)30-29(24-14-10-15-25(19-24)36-3)26-16-7-8-18-34-28(20-35(30)32(26)34)23-12-5-4-6-13-23/h4-6,9-15,17,19-20H,7-8,16,18H2,1-3H3,(H,33,37). The van der Waals surface area contributed by atoms with Crippen LogP contribution in [-0.2, 0) is 13.0 Å². The number of thiocarbonyl (C=S) groups is 1. The van der Waals surface area contributed by atoms with Gasteiger partial charge in [-0.3, -0.25) is 4.40 Å². The van der Waals surface area contributed by atoms with Crippen molar-refractivity contribution in [2.75, 3.05) is 12.4 Å². The zero-order chi connectivity index (χ0) is 25.5. The molecule has 186 valence electrons. The molecule has 1 aliphatic heterocycles. The first kappa shape index (κ1) is 23.6. The van der Waals surface area contributed by atoms with Crippen LogP contribution in [0.15, 0.2) is 79.0 Å². The number of imidazole rings is 1. The lowest BCUT2D eigenvalue weighted by Gasteiger charge is -2.15. The number of anilines is 1. The second-order valence-electron chi connectivity index (χ2n) is 9.82. The highest BCUT2D eigenvalue weighted by Gasteiger charge is 2.28. The molecule has 6 rings (SSSR count). The topological polar surface area (TPSA) is 30.6 Å². The van der Waals surface area contributed by atoms with Gasteiger partial charge in [0.05, 0.1) is 18.5 Å². The highest BCUT2D eigenvalue weighted by atomic mass is 32.1. The average molecular weight is 506 g/mol. The first-order valence-electron chi connectivity index (χ1n) is 12.9. The second-order valence-corrected chi connectivity index (χ2v) is 10.2. The maximum absolute atomic E-state index is 6.19. The number of hydrogen-bond donors (Lipinski definition) is 1. The Kier molecular flexibility index (Phi) is 6.09. The predicted octanol–water partition coefficient (Wildman–Crippen LogP) is 7.82. The minimum atomic E-state index is 0.727. The van der Waals surface area contributed by atoms with Crippen molar-refractivity contribution in [3.8, 4) is 28.1 Å². The number of nitrogens with one attached hydrogen (secondary N) is 1. The smallest absolute Gasteiger partial charge is 0.128 e. The number of aryl methyl sites for hydroxylation is 3. The van der Waals surface area contributed by atoms with Gasteiger partial charge in [-0.15, -0.1) is 0 Å². The van der Waals surface area contributed by atoms with Crippen LogP contribution in [0.25, 0.3) is 28.0 Å². The maximum atomic E-state index is 6.19. The van der Waals surface area contributed by atoms with Gasteiger partial charge in [0.1, 0.15) is 16.4 Å². The van der Waals surface area contributed by atoms with Crippen LogP contribution in [0.2, 0.25) is 0 Å². The number of benzene rings is 3. The molecule has 0 aliphatic carbocycles. The van der Waals surface area contributed by atoms with Crippen LogP contribution in [-0.4, -0.2) is 21.1 Å². The zero-order valence-electron chi connectivity index (χ0n) is 21.5. The Morgan fingerprint density at radius 1 is 0.919 bits per heavy atom. The van der Waals surface area contributed by atoms with Gasteiger partial charge in [0.15, 0.2) is 0 Å². The van der Waals surface area contributed by atoms with E-state index in [1.807, 2.05) is 6.07 Å². The quantitative estimate of drug-likeness (QED) is 0.247. The Morgan fingerprint density at radius 2 is 1.70 bits per heavy atom. The van der Waals surface area contributed by atoms with E-state index in [0.29, 0.717) is 0 Å². The third-order valence-corrected chi connectivity index (χ3v) is 7.93. The summed E-state index contributed by atoms with van der Waals surface area (Å²) in [6.45, 7) is 5.27. The first-order chi connectivity index (χ1) is 18.1. The lowest BCUT2D eigenvalue weighted by Crippen LogP contribution is -2.15. The molecule has 0 fully saturated rings. The fourth-order valence-corrected chi connectivity index (χ4v) is 5.92. The molecule has 0 saturated carbocycles. The molecule has 0 bridgehead atoms. The van der Waals surface area contributed by atoms with Crippen molar-refractivity contribution in [2.24, 2.45) is 0 Å². The van der Waals surface area contributed by atoms with Crippen molar-refractivity contribution in [2.45, 2.75) is 39.7 Å². The van der Waals surface area contributed by atoms with Gasteiger partial charge in [-0.25, -0.2) is 0 Å². The summed E-state index contributed by atoms with van der Waals surface area (Å²) in [6.07, 6.45) is 5.58. The third-order valence-electron chi connectivity index (χ3n) is 7.63. The van der Waals surface area contributed by atoms with E-state index in [0.717, 1.165) is 53.5 Å². The van der Waals surface area contributed by atoms with E-state index in [-0.39, 0.29) is 0 Å². The van der Waals surface area contributed by atoms with Crippen LogP contribution in [0, 0.1) is 13.8 Å². The molecule has 5 aromatic rings. The predicted molar refractivity (Wildman–Crippen MR) is 157 cm³/mol. The highest BCUT2D eigenvalue weighted by molar-refractivity contribution is 7.81. The third kappa shape index (κ3) is 4.04. The van der Waals surface area contributed by atoms with Gasteiger partial charge >= 0.3 is 0 Å². The largest absolute Gasteiger partial charge is 0.497 e. The number of rotatable bonds is 5. The van der Waals surface area contributed by atoms with Gasteiger partial charge in [-0.05, 0) is 73.6 Å². The molecule has 0 atom stereocenters. The van der Waals surface area contributed by atoms with E-state index in [1.54, 1.807) is 7.11 Å². The molecule has 1 N–H and O–H groups in total. The molecule has 0 saturated heterocycles. The summed E-state index contributed by atoms with van der Waals surface area (Å²) in [7, 11) is 1.72. The SMILES string of the molecule is COc1cccc(-c2c3c4n(c(-c5ccccc5)cn4c2C(=S)Nc2cccc(C)c2C)CCCC3)c1. The van der Waals surface area contributed by atoms with Gasteiger partial charge in [0.2, 0.25) is 0 Å². The van der Waals surface area contributed by atoms with E-state index in [1.165, 1.54) is 39.2 Å².